The summed E-state index contributed by atoms with van der Waals surface area (Å²) < 4.78 is 0. The van der Waals surface area contributed by atoms with Crippen LogP contribution in [0.5, 0.6) is 0 Å². The fraction of sp³-hybridized carbons (Fsp3) is 0.667. The van der Waals surface area contributed by atoms with E-state index >= 15 is 0 Å². The zero-order valence-corrected chi connectivity index (χ0v) is 11.4. The van der Waals surface area contributed by atoms with Crippen LogP contribution in [-0.4, -0.2) is 15.7 Å². The molecule has 16 heavy (non-hydrogen) atoms. The van der Waals surface area contributed by atoms with Gasteiger partial charge < -0.3 is 5.73 Å². The Morgan fingerprint density at radius 2 is 2.00 bits per heavy atom. The summed E-state index contributed by atoms with van der Waals surface area (Å²) in [5.74, 6) is 3.90. The van der Waals surface area contributed by atoms with Crippen LogP contribution in [0.25, 0.3) is 0 Å². The maximum Gasteiger partial charge on any atom is 0.140 e. The van der Waals surface area contributed by atoms with E-state index in [1.54, 1.807) is 0 Å². The van der Waals surface area contributed by atoms with Gasteiger partial charge in [-0.2, -0.15) is 11.8 Å². The minimum absolute atomic E-state index is 0.386. The highest BCUT2D eigenvalue weighted by Gasteiger charge is 2.12. The van der Waals surface area contributed by atoms with Crippen LogP contribution in [0.15, 0.2) is 0 Å². The highest BCUT2D eigenvalue weighted by Crippen LogP contribution is 2.23. The first-order valence-corrected chi connectivity index (χ1v) is 6.92. The molecule has 0 aliphatic heterocycles. The Kier molecular flexibility index (Phi) is 5.06. The number of nitrogens with two attached hydrogens (primary N) is 1. The number of hydrogen-bond acceptors (Lipinski definition) is 4. The van der Waals surface area contributed by atoms with Crippen LogP contribution in [0.2, 0.25) is 0 Å². The zero-order valence-electron chi connectivity index (χ0n) is 10.6. The number of hydrogen-bond donors (Lipinski definition) is 1. The molecule has 2 N–H and O–H groups in total. The Bertz CT molecular complexity index is 327. The third-order valence-electron chi connectivity index (χ3n) is 2.37. The van der Waals surface area contributed by atoms with Crippen LogP contribution in [0.3, 0.4) is 0 Å². The van der Waals surface area contributed by atoms with Crippen LogP contribution in [-0.2, 0) is 5.75 Å². The summed E-state index contributed by atoms with van der Waals surface area (Å²) in [7, 11) is 0. The number of aromatic nitrogens is 2. The predicted octanol–water partition coefficient (Wildman–Crippen LogP) is 3.13. The Balaban J connectivity index is 2.83. The van der Waals surface area contributed by atoms with E-state index in [0.29, 0.717) is 11.7 Å². The van der Waals surface area contributed by atoms with Crippen LogP contribution < -0.4 is 5.73 Å². The molecule has 0 saturated heterocycles. The average Bonchev–Trinajstić information content (AvgIpc) is 2.16. The van der Waals surface area contributed by atoms with Gasteiger partial charge in [0.2, 0.25) is 0 Å². The second-order valence-electron chi connectivity index (χ2n) is 4.23. The van der Waals surface area contributed by atoms with Crippen molar-refractivity contribution in [2.24, 2.45) is 0 Å². The minimum atomic E-state index is 0.386. The van der Waals surface area contributed by atoms with Gasteiger partial charge in [0.25, 0.3) is 0 Å². The molecule has 0 saturated carbocycles. The van der Waals surface area contributed by atoms with Crippen molar-refractivity contribution in [1.82, 2.24) is 9.97 Å². The molecule has 0 radical (unpaired) electrons. The van der Waals surface area contributed by atoms with E-state index in [1.165, 1.54) is 6.42 Å². The fourth-order valence-corrected chi connectivity index (χ4v) is 2.49. The van der Waals surface area contributed by atoms with Crippen molar-refractivity contribution in [2.45, 2.75) is 45.8 Å². The summed E-state index contributed by atoms with van der Waals surface area (Å²) in [6, 6.07) is 0. The standard InChI is InChI=1S/C12H21N3S/c1-5-6-16-7-10-14-9(4)11(8(2)3)12(13)15-10/h8H,5-7H2,1-4H3,(H2,13,14,15). The third kappa shape index (κ3) is 3.37. The van der Waals surface area contributed by atoms with E-state index in [4.69, 9.17) is 5.73 Å². The van der Waals surface area contributed by atoms with Crippen molar-refractivity contribution >= 4 is 17.6 Å². The van der Waals surface area contributed by atoms with Crippen LogP contribution in [0, 0.1) is 6.92 Å². The molecule has 0 aliphatic rings. The van der Waals surface area contributed by atoms with Crippen molar-refractivity contribution < 1.29 is 0 Å². The highest BCUT2D eigenvalue weighted by molar-refractivity contribution is 7.98. The molecule has 1 aromatic heterocycles. The van der Waals surface area contributed by atoms with Gasteiger partial charge in [-0.1, -0.05) is 20.8 Å². The van der Waals surface area contributed by atoms with Crippen LogP contribution in [0.4, 0.5) is 5.82 Å². The van der Waals surface area contributed by atoms with Crippen LogP contribution >= 0.6 is 11.8 Å². The molecular formula is C12H21N3S. The number of anilines is 1. The normalized spacial score (nSPS) is 11.1. The Morgan fingerprint density at radius 3 is 2.50 bits per heavy atom. The lowest BCUT2D eigenvalue weighted by Gasteiger charge is -2.12. The topological polar surface area (TPSA) is 51.8 Å². The van der Waals surface area contributed by atoms with Gasteiger partial charge in [-0.05, 0) is 25.0 Å². The van der Waals surface area contributed by atoms with Gasteiger partial charge in [0, 0.05) is 11.3 Å². The van der Waals surface area contributed by atoms with Gasteiger partial charge in [-0.3, -0.25) is 0 Å². The molecule has 1 aromatic rings. The highest BCUT2D eigenvalue weighted by atomic mass is 32.2. The largest absolute Gasteiger partial charge is 0.383 e. The third-order valence-corrected chi connectivity index (χ3v) is 3.53. The van der Waals surface area contributed by atoms with Crippen molar-refractivity contribution in [2.75, 3.05) is 11.5 Å². The molecule has 90 valence electrons. The van der Waals surface area contributed by atoms with Gasteiger partial charge in [-0.25, -0.2) is 9.97 Å². The Hall–Kier alpha value is -0.770. The smallest absolute Gasteiger partial charge is 0.140 e. The lowest BCUT2D eigenvalue weighted by Crippen LogP contribution is -2.08. The number of rotatable bonds is 5. The maximum absolute atomic E-state index is 5.97. The molecule has 0 aliphatic carbocycles. The van der Waals surface area contributed by atoms with Crippen LogP contribution in [0.1, 0.15) is 50.2 Å². The minimum Gasteiger partial charge on any atom is -0.383 e. The zero-order chi connectivity index (χ0) is 12.1. The van der Waals surface area contributed by atoms with E-state index in [1.807, 2.05) is 18.7 Å². The Morgan fingerprint density at radius 1 is 1.31 bits per heavy atom. The average molecular weight is 239 g/mol. The quantitative estimate of drug-likeness (QED) is 0.802. The van der Waals surface area contributed by atoms with Gasteiger partial charge in [0.1, 0.15) is 11.6 Å². The second-order valence-corrected chi connectivity index (χ2v) is 5.34. The first-order chi connectivity index (χ1) is 7.56. The molecule has 0 aromatic carbocycles. The monoisotopic (exact) mass is 239 g/mol. The van der Waals surface area contributed by atoms with Crippen molar-refractivity contribution in [3.63, 3.8) is 0 Å². The lowest BCUT2D eigenvalue weighted by atomic mass is 10.0. The first-order valence-electron chi connectivity index (χ1n) is 5.76. The van der Waals surface area contributed by atoms with E-state index in [0.717, 1.165) is 28.6 Å². The first kappa shape index (κ1) is 13.3. The molecule has 1 heterocycles. The molecule has 1 rings (SSSR count). The van der Waals surface area contributed by atoms with E-state index < -0.39 is 0 Å². The number of thioether (sulfide) groups is 1. The SMILES string of the molecule is CCCSCc1nc(C)c(C(C)C)c(N)n1. The summed E-state index contributed by atoms with van der Waals surface area (Å²) in [5.41, 5.74) is 8.08. The van der Waals surface area contributed by atoms with Gasteiger partial charge in [0.15, 0.2) is 0 Å². The summed E-state index contributed by atoms with van der Waals surface area (Å²) in [4.78, 5) is 8.89. The van der Waals surface area contributed by atoms with E-state index in [9.17, 15) is 0 Å². The van der Waals surface area contributed by atoms with Gasteiger partial charge >= 0.3 is 0 Å². The van der Waals surface area contributed by atoms with E-state index in [2.05, 4.69) is 30.7 Å². The van der Waals surface area contributed by atoms with Gasteiger partial charge in [0.05, 0.1) is 5.75 Å². The van der Waals surface area contributed by atoms with Crippen molar-refractivity contribution in [3.8, 4) is 0 Å². The summed E-state index contributed by atoms with van der Waals surface area (Å²) in [6.07, 6.45) is 1.18. The second kappa shape index (κ2) is 6.09. The molecule has 3 nitrogen and oxygen atoms in total. The lowest BCUT2D eigenvalue weighted by molar-refractivity contribution is 0.823. The maximum atomic E-state index is 5.97. The molecule has 4 heteroatoms. The van der Waals surface area contributed by atoms with Crippen molar-refractivity contribution in [1.29, 1.82) is 0 Å². The van der Waals surface area contributed by atoms with Crippen molar-refractivity contribution in [3.05, 3.63) is 17.1 Å². The summed E-state index contributed by atoms with van der Waals surface area (Å²) >= 11 is 1.86. The molecule has 0 spiro atoms. The van der Waals surface area contributed by atoms with E-state index in [-0.39, 0.29) is 0 Å². The number of nitrogen functional groups attached to an aromatic ring is 1. The molecule has 0 fully saturated rings. The summed E-state index contributed by atoms with van der Waals surface area (Å²) in [6.45, 7) is 8.43. The fourth-order valence-electron chi connectivity index (χ4n) is 1.75. The molecule has 0 unspecified atom stereocenters. The summed E-state index contributed by atoms with van der Waals surface area (Å²) in [5, 5.41) is 0. The van der Waals surface area contributed by atoms with Gasteiger partial charge in [-0.15, -0.1) is 0 Å². The number of aryl methyl sites for hydroxylation is 1. The number of nitrogens with zero attached hydrogens (tertiary/aromatic N) is 2. The molecule has 0 atom stereocenters. The molecule has 0 bridgehead atoms. The Labute approximate surface area is 102 Å². The molecular weight excluding hydrogens is 218 g/mol. The predicted molar refractivity (Wildman–Crippen MR) is 71.7 cm³/mol. The molecule has 0 amide bonds.